The first-order chi connectivity index (χ1) is 9.31. The van der Waals surface area contributed by atoms with Gasteiger partial charge in [0.15, 0.2) is 0 Å². The predicted octanol–water partition coefficient (Wildman–Crippen LogP) is 3.44. The van der Waals surface area contributed by atoms with Crippen molar-refractivity contribution in [2.45, 2.75) is 24.8 Å². The highest BCUT2D eigenvalue weighted by atomic mass is 79.9. The number of nitrogens with zero attached hydrogens (tertiary/aromatic N) is 1. The second kappa shape index (κ2) is 5.85. The molecule has 0 radical (unpaired) electrons. The quantitative estimate of drug-likeness (QED) is 0.883. The van der Waals surface area contributed by atoms with Crippen LogP contribution < -0.4 is 4.72 Å². The summed E-state index contributed by atoms with van der Waals surface area (Å²) in [6.45, 7) is 3.43. The molecular weight excluding hydrogens is 368 g/mol. The van der Waals surface area contributed by atoms with E-state index in [0.717, 1.165) is 0 Å². The van der Waals surface area contributed by atoms with Crippen LogP contribution in [0.25, 0.3) is 0 Å². The SMILES string of the molecule is Cc1onc([C@@H](C)NS(=O)(=O)c2ccc(Cl)cc2)c1Br. The molecule has 0 fully saturated rings. The van der Waals surface area contributed by atoms with Crippen molar-refractivity contribution < 1.29 is 12.9 Å². The van der Waals surface area contributed by atoms with Crippen molar-refractivity contribution in [1.82, 2.24) is 9.88 Å². The molecule has 5 nitrogen and oxygen atoms in total. The summed E-state index contributed by atoms with van der Waals surface area (Å²) in [5.74, 6) is 0.595. The standard InChI is InChI=1S/C12H12BrClN2O3S/c1-7(12-11(13)8(2)19-15-12)16-20(17,18)10-5-3-9(14)4-6-10/h3-7,16H,1-2H3/t7-/m1/s1. The first kappa shape index (κ1) is 15.5. The van der Waals surface area contributed by atoms with Gasteiger partial charge in [-0.3, -0.25) is 0 Å². The molecule has 20 heavy (non-hydrogen) atoms. The van der Waals surface area contributed by atoms with Gasteiger partial charge in [0.25, 0.3) is 0 Å². The van der Waals surface area contributed by atoms with Gasteiger partial charge in [-0.1, -0.05) is 16.8 Å². The van der Waals surface area contributed by atoms with E-state index in [1.54, 1.807) is 13.8 Å². The van der Waals surface area contributed by atoms with Gasteiger partial charge in [-0.15, -0.1) is 0 Å². The molecule has 2 aromatic rings. The number of benzene rings is 1. The van der Waals surface area contributed by atoms with Crippen LogP contribution in [0.15, 0.2) is 38.2 Å². The highest BCUT2D eigenvalue weighted by molar-refractivity contribution is 9.10. The van der Waals surface area contributed by atoms with E-state index in [4.69, 9.17) is 16.1 Å². The highest BCUT2D eigenvalue weighted by Gasteiger charge is 2.23. The van der Waals surface area contributed by atoms with Gasteiger partial charge in [-0.05, 0) is 54.0 Å². The third-order valence-electron chi connectivity index (χ3n) is 2.68. The van der Waals surface area contributed by atoms with E-state index in [9.17, 15) is 8.42 Å². The number of aromatic nitrogens is 1. The molecule has 0 aliphatic rings. The van der Waals surface area contributed by atoms with Crippen molar-refractivity contribution in [3.05, 3.63) is 45.2 Å². The molecule has 0 aliphatic heterocycles. The molecule has 108 valence electrons. The van der Waals surface area contributed by atoms with Crippen LogP contribution >= 0.6 is 27.5 Å². The molecule has 0 bridgehead atoms. The smallest absolute Gasteiger partial charge is 0.241 e. The molecule has 0 unspecified atom stereocenters. The maximum Gasteiger partial charge on any atom is 0.241 e. The van der Waals surface area contributed by atoms with E-state index < -0.39 is 16.1 Å². The molecule has 0 amide bonds. The van der Waals surface area contributed by atoms with Crippen molar-refractivity contribution in [3.8, 4) is 0 Å². The lowest BCUT2D eigenvalue weighted by Crippen LogP contribution is -2.27. The van der Waals surface area contributed by atoms with Gasteiger partial charge in [-0.25, -0.2) is 13.1 Å². The van der Waals surface area contributed by atoms with Gasteiger partial charge in [0.2, 0.25) is 10.0 Å². The minimum Gasteiger partial charge on any atom is -0.360 e. The van der Waals surface area contributed by atoms with E-state index in [1.807, 2.05) is 0 Å². The molecule has 1 atom stereocenters. The van der Waals surface area contributed by atoms with E-state index in [1.165, 1.54) is 24.3 Å². The Morgan fingerprint density at radius 3 is 2.45 bits per heavy atom. The number of nitrogens with one attached hydrogen (secondary N) is 1. The van der Waals surface area contributed by atoms with Crippen molar-refractivity contribution in [2.24, 2.45) is 0 Å². The Bertz CT molecular complexity index is 713. The minimum atomic E-state index is -3.64. The Kier molecular flexibility index (Phi) is 4.53. The van der Waals surface area contributed by atoms with Crippen molar-refractivity contribution in [2.75, 3.05) is 0 Å². The van der Waals surface area contributed by atoms with E-state index in [2.05, 4.69) is 25.8 Å². The number of halogens is 2. The maximum atomic E-state index is 12.2. The summed E-state index contributed by atoms with van der Waals surface area (Å²) in [5.41, 5.74) is 0.500. The molecule has 0 aliphatic carbocycles. The zero-order chi connectivity index (χ0) is 14.9. The molecule has 0 saturated carbocycles. The molecule has 0 saturated heterocycles. The van der Waals surface area contributed by atoms with Crippen LogP contribution in [0.3, 0.4) is 0 Å². The summed E-state index contributed by atoms with van der Waals surface area (Å²) in [6.07, 6.45) is 0. The molecule has 0 spiro atoms. The normalized spacial score (nSPS) is 13.4. The van der Waals surface area contributed by atoms with Gasteiger partial charge in [-0.2, -0.15) is 0 Å². The Morgan fingerprint density at radius 1 is 1.35 bits per heavy atom. The molecule has 1 aromatic carbocycles. The predicted molar refractivity (Wildman–Crippen MR) is 79.1 cm³/mol. The first-order valence-corrected chi connectivity index (χ1v) is 8.36. The molecule has 2 rings (SSSR count). The summed E-state index contributed by atoms with van der Waals surface area (Å²) >= 11 is 9.06. The average Bonchev–Trinajstić information content (AvgIpc) is 2.70. The number of hydrogen-bond donors (Lipinski definition) is 1. The number of aryl methyl sites for hydroxylation is 1. The Labute approximate surface area is 130 Å². The van der Waals surface area contributed by atoms with E-state index in [-0.39, 0.29) is 4.90 Å². The van der Waals surface area contributed by atoms with E-state index >= 15 is 0 Å². The molecule has 1 N–H and O–H groups in total. The number of rotatable bonds is 4. The lowest BCUT2D eigenvalue weighted by atomic mass is 10.2. The molecule has 1 aromatic heterocycles. The first-order valence-electron chi connectivity index (χ1n) is 5.71. The fraction of sp³-hybridized carbons (Fsp3) is 0.250. The summed E-state index contributed by atoms with van der Waals surface area (Å²) < 4.78 is 32.6. The van der Waals surface area contributed by atoms with Crippen molar-refractivity contribution in [1.29, 1.82) is 0 Å². The second-order valence-electron chi connectivity index (χ2n) is 4.23. The minimum absolute atomic E-state index is 0.144. The summed E-state index contributed by atoms with van der Waals surface area (Å²) in [5, 5.41) is 4.32. The average molecular weight is 380 g/mol. The number of hydrogen-bond acceptors (Lipinski definition) is 4. The largest absolute Gasteiger partial charge is 0.360 e. The number of sulfonamides is 1. The maximum absolute atomic E-state index is 12.2. The fourth-order valence-electron chi connectivity index (χ4n) is 1.62. The highest BCUT2D eigenvalue weighted by Crippen LogP contribution is 2.26. The zero-order valence-corrected chi connectivity index (χ0v) is 13.9. The summed E-state index contributed by atoms with van der Waals surface area (Å²) in [4.78, 5) is 0.144. The van der Waals surface area contributed by atoms with Crippen LogP contribution in [0.2, 0.25) is 5.02 Å². The lowest BCUT2D eigenvalue weighted by Gasteiger charge is -2.12. The Morgan fingerprint density at radius 2 is 1.95 bits per heavy atom. The summed E-state index contributed by atoms with van der Waals surface area (Å²) in [6, 6.07) is 5.41. The fourth-order valence-corrected chi connectivity index (χ4v) is 3.44. The molecule has 8 heteroatoms. The van der Waals surface area contributed by atoms with Crippen molar-refractivity contribution in [3.63, 3.8) is 0 Å². The van der Waals surface area contributed by atoms with Crippen LogP contribution in [0.1, 0.15) is 24.4 Å². The van der Waals surface area contributed by atoms with E-state index in [0.29, 0.717) is 20.9 Å². The molecular formula is C12H12BrClN2O3S. The zero-order valence-electron chi connectivity index (χ0n) is 10.7. The van der Waals surface area contributed by atoms with Crippen LogP contribution in [0, 0.1) is 6.92 Å². The topological polar surface area (TPSA) is 72.2 Å². The van der Waals surface area contributed by atoms with Gasteiger partial charge in [0.1, 0.15) is 11.5 Å². The molecule has 1 heterocycles. The van der Waals surface area contributed by atoms with Gasteiger partial charge < -0.3 is 4.52 Å². The third kappa shape index (κ3) is 3.22. The van der Waals surface area contributed by atoms with Crippen LogP contribution in [-0.2, 0) is 10.0 Å². The monoisotopic (exact) mass is 378 g/mol. The van der Waals surface area contributed by atoms with Crippen LogP contribution in [0.4, 0.5) is 0 Å². The second-order valence-corrected chi connectivity index (χ2v) is 7.18. The van der Waals surface area contributed by atoms with Gasteiger partial charge in [0, 0.05) is 5.02 Å². The Balaban J connectivity index is 2.24. The van der Waals surface area contributed by atoms with Gasteiger partial charge in [0.05, 0.1) is 15.4 Å². The Hall–Kier alpha value is -0.890. The lowest BCUT2D eigenvalue weighted by molar-refractivity contribution is 0.385. The van der Waals surface area contributed by atoms with Crippen molar-refractivity contribution >= 4 is 37.6 Å². The van der Waals surface area contributed by atoms with Crippen LogP contribution in [-0.4, -0.2) is 13.6 Å². The van der Waals surface area contributed by atoms with Crippen LogP contribution in [0.5, 0.6) is 0 Å². The third-order valence-corrected chi connectivity index (χ3v) is 5.45. The summed E-state index contributed by atoms with van der Waals surface area (Å²) in [7, 11) is -3.64. The van der Waals surface area contributed by atoms with Gasteiger partial charge >= 0.3 is 0 Å².